The van der Waals surface area contributed by atoms with E-state index >= 15 is 0 Å². The van der Waals surface area contributed by atoms with Gasteiger partial charge in [-0.05, 0) is 41.6 Å². The topological polar surface area (TPSA) is 77.0 Å². The molecule has 0 saturated carbocycles. The zero-order valence-electron chi connectivity index (χ0n) is 13.3. The van der Waals surface area contributed by atoms with Gasteiger partial charge >= 0.3 is 0 Å². The van der Waals surface area contributed by atoms with Gasteiger partial charge < -0.3 is 4.74 Å². The second-order valence-corrected chi connectivity index (χ2v) is 8.04. The zero-order chi connectivity index (χ0) is 17.2. The number of nitrogens with one attached hydrogen (secondary N) is 1. The Bertz CT molecular complexity index is 922. The fourth-order valence-corrected chi connectivity index (χ4v) is 4.30. The van der Waals surface area contributed by atoms with Gasteiger partial charge in [-0.3, -0.25) is 10.1 Å². The second-order valence-electron chi connectivity index (χ2n) is 5.38. The van der Waals surface area contributed by atoms with Crippen LogP contribution in [0.1, 0.15) is 11.3 Å². The smallest absolute Gasteiger partial charge is 0.242 e. The highest BCUT2D eigenvalue weighted by molar-refractivity contribution is 8.00. The van der Waals surface area contributed by atoms with Crippen molar-refractivity contribution in [1.82, 2.24) is 14.3 Å². The van der Waals surface area contributed by atoms with Crippen LogP contribution in [0.15, 0.2) is 27.9 Å². The van der Waals surface area contributed by atoms with Gasteiger partial charge in [0.2, 0.25) is 11.9 Å². The summed E-state index contributed by atoms with van der Waals surface area (Å²) in [5.41, 5.74) is 3.02. The van der Waals surface area contributed by atoms with Crippen LogP contribution in [0.5, 0.6) is 5.75 Å². The predicted octanol–water partition coefficient (Wildman–Crippen LogP) is 3.50. The van der Waals surface area contributed by atoms with Crippen LogP contribution in [0.3, 0.4) is 0 Å². The highest BCUT2D eigenvalue weighted by Crippen LogP contribution is 2.32. The molecule has 0 unspecified atom stereocenters. The van der Waals surface area contributed by atoms with E-state index in [1.165, 1.54) is 40.2 Å². The van der Waals surface area contributed by atoms with Crippen molar-refractivity contribution in [3.8, 4) is 16.3 Å². The summed E-state index contributed by atoms with van der Waals surface area (Å²) in [6.45, 7) is 0.741. The number of ether oxygens (including phenoxy) is 1. The average Bonchev–Trinajstić information content (AvgIpc) is 3.34. The van der Waals surface area contributed by atoms with Crippen LogP contribution in [0.2, 0.25) is 0 Å². The van der Waals surface area contributed by atoms with Gasteiger partial charge in [0.15, 0.2) is 4.34 Å². The van der Waals surface area contributed by atoms with E-state index in [0.29, 0.717) is 5.95 Å². The van der Waals surface area contributed by atoms with Gasteiger partial charge in [0.05, 0.1) is 18.7 Å². The summed E-state index contributed by atoms with van der Waals surface area (Å²) in [6.07, 6.45) is 3.06. The minimum absolute atomic E-state index is 0.162. The minimum Gasteiger partial charge on any atom is -0.493 e. The number of benzene rings is 1. The molecule has 1 aromatic carbocycles. The third kappa shape index (κ3) is 3.68. The standard InChI is InChI=1S/C16H14N4O2S3/c1-23-16-19-15(20-25-16)18-13(21)7-11-8-24-14(17-11)10-2-3-12-9(6-10)4-5-22-12/h2-3,6,8H,4-5,7H2,1H3,(H,18,20,21). The van der Waals surface area contributed by atoms with Crippen molar-refractivity contribution in [1.29, 1.82) is 0 Å². The molecule has 0 radical (unpaired) electrons. The molecule has 25 heavy (non-hydrogen) atoms. The van der Waals surface area contributed by atoms with E-state index in [1.54, 1.807) is 0 Å². The Morgan fingerprint density at radius 1 is 1.40 bits per heavy atom. The van der Waals surface area contributed by atoms with Crippen molar-refractivity contribution in [3.63, 3.8) is 0 Å². The third-order valence-electron chi connectivity index (χ3n) is 3.66. The van der Waals surface area contributed by atoms with Crippen molar-refractivity contribution in [3.05, 3.63) is 34.8 Å². The second kappa shape index (κ2) is 7.11. The maximum absolute atomic E-state index is 12.1. The first-order chi connectivity index (χ1) is 12.2. The number of aromatic nitrogens is 3. The van der Waals surface area contributed by atoms with Crippen LogP contribution in [0.25, 0.3) is 10.6 Å². The molecule has 2 aromatic heterocycles. The van der Waals surface area contributed by atoms with Gasteiger partial charge in [-0.2, -0.15) is 9.36 Å². The first-order valence-corrected chi connectivity index (χ1v) is 10.5. The molecule has 9 heteroatoms. The van der Waals surface area contributed by atoms with Gasteiger partial charge in [0.1, 0.15) is 10.8 Å². The molecule has 1 N–H and O–H groups in total. The van der Waals surface area contributed by atoms with E-state index in [-0.39, 0.29) is 12.3 Å². The summed E-state index contributed by atoms with van der Waals surface area (Å²) in [6, 6.07) is 6.12. The third-order valence-corrected chi connectivity index (χ3v) is 6.28. The molecule has 3 aromatic rings. The van der Waals surface area contributed by atoms with Crippen molar-refractivity contribution in [2.45, 2.75) is 17.2 Å². The summed E-state index contributed by atoms with van der Waals surface area (Å²) in [5, 5.41) is 5.54. The molecule has 128 valence electrons. The molecule has 0 saturated heterocycles. The fourth-order valence-electron chi connectivity index (χ4n) is 2.52. The van der Waals surface area contributed by atoms with Crippen molar-refractivity contribution in [2.75, 3.05) is 18.2 Å². The molecule has 1 amide bonds. The Kier molecular flexibility index (Phi) is 4.69. The van der Waals surface area contributed by atoms with Crippen LogP contribution in [0, 0.1) is 0 Å². The first-order valence-electron chi connectivity index (χ1n) is 7.59. The largest absolute Gasteiger partial charge is 0.493 e. The number of carbonyl (C=O) groups excluding carboxylic acids is 1. The van der Waals surface area contributed by atoms with Crippen LogP contribution in [0.4, 0.5) is 5.95 Å². The predicted molar refractivity (Wildman–Crippen MR) is 101 cm³/mol. The molecule has 0 aliphatic carbocycles. The van der Waals surface area contributed by atoms with Crippen molar-refractivity contribution >= 4 is 46.5 Å². The van der Waals surface area contributed by atoms with Crippen LogP contribution >= 0.6 is 34.6 Å². The van der Waals surface area contributed by atoms with Crippen LogP contribution in [-0.2, 0) is 17.6 Å². The minimum atomic E-state index is -0.162. The summed E-state index contributed by atoms with van der Waals surface area (Å²) in [5.74, 6) is 1.15. The van der Waals surface area contributed by atoms with Crippen LogP contribution < -0.4 is 10.1 Å². The van der Waals surface area contributed by atoms with E-state index in [9.17, 15) is 4.79 Å². The molecule has 4 rings (SSSR count). The lowest BCUT2D eigenvalue weighted by molar-refractivity contribution is -0.115. The van der Waals surface area contributed by atoms with Gasteiger partial charge in [-0.25, -0.2) is 4.98 Å². The van der Waals surface area contributed by atoms with E-state index in [2.05, 4.69) is 25.7 Å². The molecule has 1 aliphatic heterocycles. The van der Waals surface area contributed by atoms with E-state index in [0.717, 1.165) is 39.4 Å². The fraction of sp³-hybridized carbons (Fsp3) is 0.250. The number of hydrogen-bond acceptors (Lipinski definition) is 8. The lowest BCUT2D eigenvalue weighted by Gasteiger charge is -2.01. The Hall–Kier alpha value is -1.97. The van der Waals surface area contributed by atoms with E-state index in [1.807, 2.05) is 23.8 Å². The highest BCUT2D eigenvalue weighted by atomic mass is 32.2. The van der Waals surface area contributed by atoms with E-state index < -0.39 is 0 Å². The van der Waals surface area contributed by atoms with Crippen LogP contribution in [-0.4, -0.2) is 33.1 Å². The number of nitrogens with zero attached hydrogens (tertiary/aromatic N) is 3. The number of anilines is 1. The molecule has 0 bridgehead atoms. The normalized spacial score (nSPS) is 12.7. The lowest BCUT2D eigenvalue weighted by atomic mass is 10.1. The number of fused-ring (bicyclic) bond motifs is 1. The molecule has 0 atom stereocenters. The SMILES string of the molecule is CSc1nc(NC(=O)Cc2csc(-c3ccc4c(c3)CCO4)n2)ns1. The molecule has 3 heterocycles. The Morgan fingerprint density at radius 2 is 2.32 bits per heavy atom. The lowest BCUT2D eigenvalue weighted by Crippen LogP contribution is -2.15. The Morgan fingerprint density at radius 3 is 3.16 bits per heavy atom. The number of thiazole rings is 1. The average molecular weight is 391 g/mol. The maximum Gasteiger partial charge on any atom is 0.242 e. The highest BCUT2D eigenvalue weighted by Gasteiger charge is 2.15. The summed E-state index contributed by atoms with van der Waals surface area (Å²) >= 11 is 4.32. The van der Waals surface area contributed by atoms with Gasteiger partial charge in [-0.1, -0.05) is 11.8 Å². The molecule has 6 nitrogen and oxygen atoms in total. The van der Waals surface area contributed by atoms with Crippen molar-refractivity contribution in [2.24, 2.45) is 0 Å². The monoisotopic (exact) mass is 390 g/mol. The number of hydrogen-bond donors (Lipinski definition) is 1. The van der Waals surface area contributed by atoms with Gasteiger partial charge in [0, 0.05) is 17.4 Å². The summed E-state index contributed by atoms with van der Waals surface area (Å²) in [4.78, 5) is 20.9. The first kappa shape index (κ1) is 16.5. The Balaban J connectivity index is 1.43. The number of thioether (sulfide) groups is 1. The van der Waals surface area contributed by atoms with Crippen molar-refractivity contribution < 1.29 is 9.53 Å². The Labute approximate surface area is 156 Å². The molecule has 1 aliphatic rings. The zero-order valence-corrected chi connectivity index (χ0v) is 15.8. The maximum atomic E-state index is 12.1. The quantitative estimate of drug-likeness (QED) is 0.672. The molecule has 0 fully saturated rings. The molecular formula is C16H14N4O2S3. The number of amides is 1. The molecular weight excluding hydrogens is 376 g/mol. The number of rotatable bonds is 5. The molecule has 0 spiro atoms. The van der Waals surface area contributed by atoms with Gasteiger partial charge in [-0.15, -0.1) is 11.3 Å². The summed E-state index contributed by atoms with van der Waals surface area (Å²) < 4.78 is 10.5. The summed E-state index contributed by atoms with van der Waals surface area (Å²) in [7, 11) is 0. The number of carbonyl (C=O) groups is 1. The van der Waals surface area contributed by atoms with E-state index in [4.69, 9.17) is 4.74 Å². The van der Waals surface area contributed by atoms with Gasteiger partial charge in [0.25, 0.3) is 0 Å².